The lowest BCUT2D eigenvalue weighted by molar-refractivity contribution is -0.116. The Balaban J connectivity index is 1.53. The average molecular weight is 445 g/mol. The van der Waals surface area contributed by atoms with E-state index in [-0.39, 0.29) is 30.2 Å². The number of hydrogen-bond donors (Lipinski definition) is 3. The molecule has 0 saturated carbocycles. The molecule has 0 spiro atoms. The summed E-state index contributed by atoms with van der Waals surface area (Å²) < 4.78 is 19.0. The minimum absolute atomic E-state index is 0.0198. The van der Waals surface area contributed by atoms with Crippen LogP contribution in [0, 0.1) is 19.7 Å². The van der Waals surface area contributed by atoms with E-state index in [0.29, 0.717) is 32.8 Å². The summed E-state index contributed by atoms with van der Waals surface area (Å²) in [6.45, 7) is 4.85. The maximum absolute atomic E-state index is 14.1. The predicted octanol–water partition coefficient (Wildman–Crippen LogP) is 3.91. The summed E-state index contributed by atoms with van der Waals surface area (Å²) in [5.74, 6) is -0.399. The van der Waals surface area contributed by atoms with E-state index in [1.807, 2.05) is 0 Å². The number of ketones is 1. The number of nitrogens with zero attached hydrogens (tertiary/aromatic N) is 2. The van der Waals surface area contributed by atoms with Crippen molar-refractivity contribution in [3.8, 4) is 10.4 Å². The Morgan fingerprint density at radius 1 is 1.16 bits per heavy atom. The maximum Gasteiger partial charge on any atom is 0.321 e. The number of aryl methyl sites for hydroxylation is 2. The van der Waals surface area contributed by atoms with Gasteiger partial charge in [0.2, 0.25) is 5.91 Å². The van der Waals surface area contributed by atoms with E-state index < -0.39 is 11.8 Å². The molecule has 0 aliphatic carbocycles. The number of carbonyl (C=O) groups is 3. The van der Waals surface area contributed by atoms with Gasteiger partial charge in [0.05, 0.1) is 16.1 Å². The SMILES string of the molecule is CC(=O)c1ccc(-c2sc(NC(=O)NCCC(=O)Nc3cc(C)on3)nc2C)cc1F. The van der Waals surface area contributed by atoms with Crippen LogP contribution in [0.15, 0.2) is 28.8 Å². The van der Waals surface area contributed by atoms with Crippen molar-refractivity contribution in [2.24, 2.45) is 0 Å². The van der Waals surface area contributed by atoms with Crippen LogP contribution >= 0.6 is 11.3 Å². The molecule has 0 saturated heterocycles. The summed E-state index contributed by atoms with van der Waals surface area (Å²) in [6.07, 6.45) is 0.0449. The van der Waals surface area contributed by atoms with Gasteiger partial charge in [-0.3, -0.25) is 14.9 Å². The molecule has 0 unspecified atom stereocenters. The zero-order valence-electron chi connectivity index (χ0n) is 17.0. The number of nitrogens with one attached hydrogen (secondary N) is 3. The second-order valence-electron chi connectivity index (χ2n) is 6.69. The first kappa shape index (κ1) is 22.1. The normalized spacial score (nSPS) is 10.6. The van der Waals surface area contributed by atoms with Crippen LogP contribution in [-0.4, -0.2) is 34.4 Å². The van der Waals surface area contributed by atoms with Crippen molar-refractivity contribution >= 4 is 40.0 Å². The Hall–Kier alpha value is -3.60. The quantitative estimate of drug-likeness (QED) is 0.474. The van der Waals surface area contributed by atoms with Gasteiger partial charge in [0.25, 0.3) is 0 Å². The molecule has 3 amide bonds. The smallest absolute Gasteiger partial charge is 0.321 e. The number of Topliss-reactive ketones (excluding diaryl/α,β-unsaturated/α-hetero) is 1. The molecule has 162 valence electrons. The number of urea groups is 1. The molecule has 0 atom stereocenters. The molecule has 0 aliphatic rings. The maximum atomic E-state index is 14.1. The largest absolute Gasteiger partial charge is 0.360 e. The molecule has 0 bridgehead atoms. The Bertz CT molecular complexity index is 1140. The van der Waals surface area contributed by atoms with E-state index in [4.69, 9.17) is 4.52 Å². The Morgan fingerprint density at radius 3 is 2.58 bits per heavy atom. The highest BCUT2D eigenvalue weighted by Gasteiger charge is 2.15. The number of rotatable bonds is 7. The number of thiazole rings is 1. The first-order valence-corrected chi connectivity index (χ1v) is 10.1. The molecule has 0 fully saturated rings. The van der Waals surface area contributed by atoms with Gasteiger partial charge < -0.3 is 15.2 Å². The second kappa shape index (κ2) is 9.47. The van der Waals surface area contributed by atoms with Gasteiger partial charge in [0.1, 0.15) is 11.6 Å². The van der Waals surface area contributed by atoms with Crippen molar-refractivity contribution in [3.63, 3.8) is 0 Å². The highest BCUT2D eigenvalue weighted by molar-refractivity contribution is 7.19. The summed E-state index contributed by atoms with van der Waals surface area (Å²) in [7, 11) is 0. The van der Waals surface area contributed by atoms with Gasteiger partial charge in [0, 0.05) is 19.0 Å². The number of amides is 3. The summed E-state index contributed by atoms with van der Waals surface area (Å²) in [4.78, 5) is 40.2. The summed E-state index contributed by atoms with van der Waals surface area (Å²) in [5.41, 5.74) is 1.19. The number of halogens is 1. The van der Waals surface area contributed by atoms with Gasteiger partial charge in [-0.05, 0) is 38.5 Å². The zero-order valence-corrected chi connectivity index (χ0v) is 17.9. The lowest BCUT2D eigenvalue weighted by atomic mass is 10.1. The monoisotopic (exact) mass is 445 g/mol. The third-order valence-corrected chi connectivity index (χ3v) is 5.28. The third-order valence-electron chi connectivity index (χ3n) is 4.16. The van der Waals surface area contributed by atoms with E-state index in [0.717, 1.165) is 0 Å². The van der Waals surface area contributed by atoms with Gasteiger partial charge in [-0.25, -0.2) is 14.2 Å². The highest BCUT2D eigenvalue weighted by atomic mass is 32.1. The molecular formula is C20H20FN5O4S. The standard InChI is InChI=1S/C20H20FN5O4S/c1-10-8-16(26-30-10)24-17(28)6-7-22-19(29)25-20-23-11(2)18(31-20)13-4-5-14(12(3)27)15(21)9-13/h4-5,8-9H,6-7H2,1-3H3,(H,24,26,28)(H2,22,23,25,29). The van der Waals surface area contributed by atoms with Gasteiger partial charge >= 0.3 is 6.03 Å². The van der Waals surface area contributed by atoms with E-state index in [9.17, 15) is 18.8 Å². The molecular weight excluding hydrogens is 425 g/mol. The fourth-order valence-corrected chi connectivity index (χ4v) is 3.68. The van der Waals surface area contributed by atoms with Gasteiger partial charge in [-0.2, -0.15) is 0 Å². The van der Waals surface area contributed by atoms with Crippen molar-refractivity contribution in [2.45, 2.75) is 27.2 Å². The molecule has 11 heteroatoms. The summed E-state index contributed by atoms with van der Waals surface area (Å²) in [5, 5.41) is 11.7. The molecule has 0 radical (unpaired) electrons. The fraction of sp³-hybridized carbons (Fsp3) is 0.250. The number of hydrogen-bond acceptors (Lipinski definition) is 7. The van der Waals surface area contributed by atoms with Crippen molar-refractivity contribution < 1.29 is 23.3 Å². The average Bonchev–Trinajstić information content (AvgIpc) is 3.26. The number of anilines is 2. The van der Waals surface area contributed by atoms with Crippen LogP contribution in [0.5, 0.6) is 0 Å². The van der Waals surface area contributed by atoms with Crippen molar-refractivity contribution in [1.82, 2.24) is 15.5 Å². The van der Waals surface area contributed by atoms with Crippen LogP contribution in [0.3, 0.4) is 0 Å². The van der Waals surface area contributed by atoms with Crippen LogP contribution < -0.4 is 16.0 Å². The first-order chi connectivity index (χ1) is 14.7. The van der Waals surface area contributed by atoms with Crippen LogP contribution in [0.25, 0.3) is 10.4 Å². The van der Waals surface area contributed by atoms with E-state index in [2.05, 4.69) is 26.1 Å². The topological polar surface area (TPSA) is 126 Å². The van der Waals surface area contributed by atoms with Crippen LogP contribution in [0.2, 0.25) is 0 Å². The first-order valence-electron chi connectivity index (χ1n) is 9.29. The van der Waals surface area contributed by atoms with Gasteiger partial charge in [-0.1, -0.05) is 22.6 Å². The molecule has 2 aromatic heterocycles. The summed E-state index contributed by atoms with van der Waals surface area (Å²) in [6, 6.07) is 5.40. The Kier molecular flexibility index (Phi) is 6.75. The van der Waals surface area contributed by atoms with Crippen LogP contribution in [0.1, 0.15) is 35.2 Å². The zero-order chi connectivity index (χ0) is 22.5. The van der Waals surface area contributed by atoms with Crippen molar-refractivity contribution in [1.29, 1.82) is 0 Å². The van der Waals surface area contributed by atoms with Crippen LogP contribution in [0.4, 0.5) is 20.1 Å². The Morgan fingerprint density at radius 2 is 1.94 bits per heavy atom. The predicted molar refractivity (Wildman–Crippen MR) is 114 cm³/mol. The molecule has 0 aliphatic heterocycles. The Labute approximate surface area is 181 Å². The molecule has 31 heavy (non-hydrogen) atoms. The lowest BCUT2D eigenvalue weighted by Crippen LogP contribution is -2.31. The molecule has 3 aromatic rings. The molecule has 1 aromatic carbocycles. The minimum atomic E-state index is -0.607. The van der Waals surface area contributed by atoms with Crippen molar-refractivity contribution in [3.05, 3.63) is 47.1 Å². The van der Waals surface area contributed by atoms with Crippen molar-refractivity contribution in [2.75, 3.05) is 17.2 Å². The van der Waals surface area contributed by atoms with E-state index in [1.165, 1.54) is 30.4 Å². The van der Waals surface area contributed by atoms with Gasteiger partial charge in [0.15, 0.2) is 16.7 Å². The van der Waals surface area contributed by atoms with Crippen LogP contribution in [-0.2, 0) is 4.79 Å². The summed E-state index contributed by atoms with van der Waals surface area (Å²) >= 11 is 1.18. The van der Waals surface area contributed by atoms with Gasteiger partial charge in [-0.15, -0.1) is 0 Å². The number of aromatic nitrogens is 2. The second-order valence-corrected chi connectivity index (χ2v) is 7.69. The number of carbonyl (C=O) groups excluding carboxylic acids is 3. The minimum Gasteiger partial charge on any atom is -0.360 e. The fourth-order valence-electron chi connectivity index (χ4n) is 2.72. The highest BCUT2D eigenvalue weighted by Crippen LogP contribution is 2.33. The lowest BCUT2D eigenvalue weighted by Gasteiger charge is -2.05. The third kappa shape index (κ3) is 5.72. The molecule has 3 N–H and O–H groups in total. The molecule has 2 heterocycles. The molecule has 9 nitrogen and oxygen atoms in total. The van der Waals surface area contributed by atoms with E-state index >= 15 is 0 Å². The van der Waals surface area contributed by atoms with E-state index in [1.54, 1.807) is 26.0 Å². The number of benzene rings is 1. The molecule has 3 rings (SSSR count).